The lowest BCUT2D eigenvalue weighted by Crippen LogP contribution is -2.08. The molecule has 0 saturated heterocycles. The summed E-state index contributed by atoms with van der Waals surface area (Å²) in [5, 5.41) is 0. The molecule has 2 aliphatic carbocycles. The van der Waals surface area contributed by atoms with Crippen molar-refractivity contribution >= 4 is 21.7 Å². The number of fused-ring (bicyclic) bond motifs is 2. The summed E-state index contributed by atoms with van der Waals surface area (Å²) in [6, 6.07) is 3.74. The largest absolute Gasteiger partial charge is 0.490 e. The summed E-state index contributed by atoms with van der Waals surface area (Å²) in [6.45, 7) is 1.32. The predicted octanol–water partition coefficient (Wildman–Crippen LogP) is 3.84. The van der Waals surface area contributed by atoms with E-state index in [1.54, 1.807) is 0 Å². The second-order valence-electron chi connectivity index (χ2n) is 5.98. The number of carbonyl (C=O) groups excluding carboxylic acids is 1. The van der Waals surface area contributed by atoms with E-state index in [1.165, 1.54) is 19.3 Å². The van der Waals surface area contributed by atoms with Crippen molar-refractivity contribution in [1.82, 2.24) is 0 Å². The lowest BCUT2D eigenvalue weighted by molar-refractivity contribution is 0.0950. The summed E-state index contributed by atoms with van der Waals surface area (Å²) in [7, 11) is 0. The summed E-state index contributed by atoms with van der Waals surface area (Å²) < 4.78 is 12.2. The molecule has 20 heavy (non-hydrogen) atoms. The molecule has 0 amide bonds. The topological polar surface area (TPSA) is 35.5 Å². The molecule has 2 fully saturated rings. The molecule has 0 bridgehead atoms. The molecule has 4 heteroatoms. The minimum atomic E-state index is 0.254. The first-order valence-electron chi connectivity index (χ1n) is 7.39. The molecule has 2 unspecified atom stereocenters. The molecule has 4 rings (SSSR count). The Labute approximate surface area is 126 Å². The molecule has 0 N–H and O–H groups in total. The molecule has 2 atom stereocenters. The van der Waals surface area contributed by atoms with Crippen molar-refractivity contribution in [3.63, 3.8) is 0 Å². The monoisotopic (exact) mass is 336 g/mol. The van der Waals surface area contributed by atoms with Crippen LogP contribution in [0.3, 0.4) is 0 Å². The number of benzene rings is 1. The van der Waals surface area contributed by atoms with Gasteiger partial charge in [0.25, 0.3) is 0 Å². The van der Waals surface area contributed by atoms with E-state index in [0.29, 0.717) is 30.8 Å². The first kappa shape index (κ1) is 12.7. The predicted molar refractivity (Wildman–Crippen MR) is 78.4 cm³/mol. The first-order valence-corrected chi connectivity index (χ1v) is 8.18. The number of hydrogen-bond donors (Lipinski definition) is 0. The van der Waals surface area contributed by atoms with Crippen molar-refractivity contribution in [1.29, 1.82) is 0 Å². The fourth-order valence-electron chi connectivity index (χ4n) is 3.76. The van der Waals surface area contributed by atoms with Gasteiger partial charge in [0.05, 0.1) is 13.2 Å². The maximum Gasteiger partial charge on any atom is 0.167 e. The molecule has 1 aromatic carbocycles. The van der Waals surface area contributed by atoms with E-state index in [1.807, 2.05) is 12.1 Å². The van der Waals surface area contributed by atoms with Gasteiger partial charge in [-0.05, 0) is 52.7 Å². The highest BCUT2D eigenvalue weighted by molar-refractivity contribution is 9.10. The zero-order chi connectivity index (χ0) is 13.7. The zero-order valence-electron chi connectivity index (χ0n) is 11.2. The first-order chi connectivity index (χ1) is 9.75. The van der Waals surface area contributed by atoms with Crippen LogP contribution in [0.5, 0.6) is 11.5 Å². The van der Waals surface area contributed by atoms with Crippen molar-refractivity contribution in [2.45, 2.75) is 25.7 Å². The summed E-state index contributed by atoms with van der Waals surface area (Å²) in [5.74, 6) is 3.27. The summed E-state index contributed by atoms with van der Waals surface area (Å²) >= 11 is 3.52. The van der Waals surface area contributed by atoms with Crippen molar-refractivity contribution in [2.24, 2.45) is 17.8 Å². The highest BCUT2D eigenvalue weighted by Gasteiger charge is 2.56. The van der Waals surface area contributed by atoms with Gasteiger partial charge < -0.3 is 9.47 Å². The molecule has 1 aliphatic heterocycles. The van der Waals surface area contributed by atoms with Crippen LogP contribution in [0.4, 0.5) is 0 Å². The molecular weight excluding hydrogens is 320 g/mol. The van der Waals surface area contributed by atoms with E-state index in [0.717, 1.165) is 22.2 Å². The Morgan fingerprint density at radius 2 is 1.70 bits per heavy atom. The number of ether oxygens (including phenoxy) is 2. The van der Waals surface area contributed by atoms with E-state index in [2.05, 4.69) is 15.9 Å². The minimum Gasteiger partial charge on any atom is -0.490 e. The zero-order valence-corrected chi connectivity index (χ0v) is 12.8. The molecular formula is C16H17BrO3. The van der Waals surface area contributed by atoms with Crippen LogP contribution in [0.1, 0.15) is 36.0 Å². The van der Waals surface area contributed by atoms with E-state index >= 15 is 0 Å². The van der Waals surface area contributed by atoms with Crippen molar-refractivity contribution < 1.29 is 14.3 Å². The highest BCUT2D eigenvalue weighted by atomic mass is 79.9. The number of halogens is 1. The Hall–Kier alpha value is -1.03. The third kappa shape index (κ3) is 1.96. The van der Waals surface area contributed by atoms with Crippen LogP contribution in [0.15, 0.2) is 16.6 Å². The number of Topliss-reactive ketones (excluding diaryl/α,β-unsaturated/α-hetero) is 1. The Bertz CT molecular complexity index is 559. The van der Waals surface area contributed by atoms with E-state index in [-0.39, 0.29) is 11.7 Å². The van der Waals surface area contributed by atoms with Gasteiger partial charge in [0.15, 0.2) is 17.3 Å². The average molecular weight is 337 g/mol. The summed E-state index contributed by atoms with van der Waals surface area (Å²) in [5.41, 5.74) is 0.758. The van der Waals surface area contributed by atoms with Gasteiger partial charge in [-0.25, -0.2) is 0 Å². The average Bonchev–Trinajstić information content (AvgIpc) is 3.02. The van der Waals surface area contributed by atoms with Crippen LogP contribution in [-0.4, -0.2) is 19.0 Å². The Morgan fingerprint density at radius 1 is 1.05 bits per heavy atom. The maximum atomic E-state index is 12.7. The van der Waals surface area contributed by atoms with Crippen molar-refractivity contribution in [3.05, 3.63) is 22.2 Å². The van der Waals surface area contributed by atoms with Gasteiger partial charge in [-0.1, -0.05) is 6.42 Å². The minimum absolute atomic E-state index is 0.254. The molecule has 1 heterocycles. The van der Waals surface area contributed by atoms with Crippen LogP contribution in [0.2, 0.25) is 0 Å². The quantitative estimate of drug-likeness (QED) is 0.769. The van der Waals surface area contributed by atoms with Crippen LogP contribution < -0.4 is 9.47 Å². The van der Waals surface area contributed by atoms with E-state index in [4.69, 9.17) is 9.47 Å². The standard InChI is InChI=1S/C16H17BrO3/c17-12-8-14-13(19-5-2-6-20-14)7-11(12)16(18)15-9-3-1-4-10(9)15/h7-10,15H,1-6H2. The van der Waals surface area contributed by atoms with Crippen LogP contribution in [0, 0.1) is 17.8 Å². The molecule has 3 nitrogen and oxygen atoms in total. The van der Waals surface area contributed by atoms with E-state index < -0.39 is 0 Å². The van der Waals surface area contributed by atoms with Gasteiger partial charge in [-0.2, -0.15) is 0 Å². The molecule has 106 valence electrons. The highest BCUT2D eigenvalue weighted by Crippen LogP contribution is 2.59. The normalized spacial score (nSPS) is 30.6. The maximum absolute atomic E-state index is 12.7. The van der Waals surface area contributed by atoms with E-state index in [9.17, 15) is 4.79 Å². The van der Waals surface area contributed by atoms with Gasteiger partial charge in [0.2, 0.25) is 0 Å². The third-order valence-corrected chi connectivity index (χ3v) is 5.47. The van der Waals surface area contributed by atoms with Crippen LogP contribution in [-0.2, 0) is 0 Å². The van der Waals surface area contributed by atoms with Crippen molar-refractivity contribution in [3.8, 4) is 11.5 Å². The molecule has 0 aromatic heterocycles. The molecule has 0 radical (unpaired) electrons. The van der Waals surface area contributed by atoms with Gasteiger partial charge in [-0.15, -0.1) is 0 Å². The second-order valence-corrected chi connectivity index (χ2v) is 6.83. The van der Waals surface area contributed by atoms with Gasteiger partial charge in [0, 0.05) is 22.4 Å². The number of rotatable bonds is 2. The second kappa shape index (κ2) is 4.76. The molecule has 1 aromatic rings. The van der Waals surface area contributed by atoms with Gasteiger partial charge in [-0.3, -0.25) is 4.79 Å². The summed E-state index contributed by atoms with van der Waals surface area (Å²) in [6.07, 6.45) is 4.62. The molecule has 0 spiro atoms. The van der Waals surface area contributed by atoms with Gasteiger partial charge >= 0.3 is 0 Å². The smallest absolute Gasteiger partial charge is 0.167 e. The van der Waals surface area contributed by atoms with Crippen LogP contribution >= 0.6 is 15.9 Å². The lowest BCUT2D eigenvalue weighted by atomic mass is 10.0. The number of ketones is 1. The summed E-state index contributed by atoms with van der Waals surface area (Å²) in [4.78, 5) is 12.7. The fraction of sp³-hybridized carbons (Fsp3) is 0.562. The SMILES string of the molecule is O=C(c1cc2c(cc1Br)OCCCO2)C1C2CCCC21. The van der Waals surface area contributed by atoms with Crippen molar-refractivity contribution in [2.75, 3.05) is 13.2 Å². The Balaban J connectivity index is 1.64. The van der Waals surface area contributed by atoms with Crippen LogP contribution in [0.25, 0.3) is 0 Å². The molecule has 2 saturated carbocycles. The fourth-order valence-corrected chi connectivity index (χ4v) is 4.28. The molecule has 3 aliphatic rings. The van der Waals surface area contributed by atoms with Gasteiger partial charge in [0.1, 0.15) is 0 Å². The Kier molecular flexibility index (Phi) is 3.02. The number of carbonyl (C=O) groups is 1. The lowest BCUT2D eigenvalue weighted by Gasteiger charge is -2.11. The number of hydrogen-bond acceptors (Lipinski definition) is 3. The Morgan fingerprint density at radius 3 is 2.40 bits per heavy atom. The third-order valence-electron chi connectivity index (χ3n) is 4.81.